The van der Waals surface area contributed by atoms with Gasteiger partial charge in [-0.3, -0.25) is 4.79 Å². The number of nitrogens with zero attached hydrogens (tertiary/aromatic N) is 1. The van der Waals surface area contributed by atoms with Gasteiger partial charge in [0.25, 0.3) is 5.91 Å². The Hall–Kier alpha value is -1.27. The highest BCUT2D eigenvalue weighted by molar-refractivity contribution is 9.10. The topological polar surface area (TPSA) is 42.0 Å². The zero-order chi connectivity index (χ0) is 13.8. The van der Waals surface area contributed by atoms with E-state index in [9.17, 15) is 9.18 Å². The maximum Gasteiger partial charge on any atom is 0.252 e. The highest BCUT2D eigenvalue weighted by atomic mass is 79.9. The zero-order valence-electron chi connectivity index (χ0n) is 10.2. The molecule has 1 heterocycles. The molecular formula is C13H12BrFN2OS. The minimum atomic E-state index is -0.434. The van der Waals surface area contributed by atoms with Crippen LogP contribution in [-0.4, -0.2) is 10.9 Å². The van der Waals surface area contributed by atoms with Crippen molar-refractivity contribution in [2.24, 2.45) is 0 Å². The van der Waals surface area contributed by atoms with E-state index in [1.54, 1.807) is 11.3 Å². The number of aromatic nitrogens is 1. The van der Waals surface area contributed by atoms with Gasteiger partial charge in [-0.2, -0.15) is 0 Å². The second-order valence-corrected chi connectivity index (χ2v) is 5.93. The summed E-state index contributed by atoms with van der Waals surface area (Å²) in [4.78, 5) is 17.3. The first kappa shape index (κ1) is 14.1. The van der Waals surface area contributed by atoms with Crippen molar-refractivity contribution in [2.75, 3.05) is 0 Å². The van der Waals surface area contributed by atoms with Crippen LogP contribution in [-0.2, 0) is 13.0 Å². The Kier molecular flexibility index (Phi) is 4.66. The molecule has 1 aromatic carbocycles. The average molecular weight is 343 g/mol. The summed E-state index contributed by atoms with van der Waals surface area (Å²) in [5, 5.41) is 3.58. The molecule has 3 nitrogen and oxygen atoms in total. The summed E-state index contributed by atoms with van der Waals surface area (Å²) in [7, 11) is 0. The summed E-state index contributed by atoms with van der Waals surface area (Å²) in [6.45, 7) is 2.41. The van der Waals surface area contributed by atoms with Crippen molar-refractivity contribution in [3.8, 4) is 0 Å². The van der Waals surface area contributed by atoms with E-state index >= 15 is 0 Å². The van der Waals surface area contributed by atoms with E-state index in [1.165, 1.54) is 23.1 Å². The molecule has 0 bridgehead atoms. The van der Waals surface area contributed by atoms with Crippen LogP contribution >= 0.6 is 27.3 Å². The van der Waals surface area contributed by atoms with E-state index in [4.69, 9.17) is 0 Å². The van der Waals surface area contributed by atoms with Crippen molar-refractivity contribution < 1.29 is 9.18 Å². The third-order valence-corrected chi connectivity index (χ3v) is 4.36. The zero-order valence-corrected chi connectivity index (χ0v) is 12.6. The maximum absolute atomic E-state index is 13.1. The quantitative estimate of drug-likeness (QED) is 0.923. The monoisotopic (exact) mass is 342 g/mol. The minimum Gasteiger partial charge on any atom is -0.345 e. The molecule has 1 N–H and O–H groups in total. The highest BCUT2D eigenvalue weighted by Gasteiger charge is 2.11. The van der Waals surface area contributed by atoms with Gasteiger partial charge in [0, 0.05) is 15.5 Å². The molecule has 0 atom stereocenters. The Morgan fingerprint density at radius 1 is 1.53 bits per heavy atom. The number of carbonyl (C=O) groups excluding carboxylic acids is 1. The third kappa shape index (κ3) is 3.61. The molecule has 1 aromatic heterocycles. The lowest BCUT2D eigenvalue weighted by Gasteiger charge is -2.05. The van der Waals surface area contributed by atoms with Crippen molar-refractivity contribution in [1.29, 1.82) is 0 Å². The van der Waals surface area contributed by atoms with E-state index in [2.05, 4.69) is 33.2 Å². The molecule has 2 rings (SSSR count). The van der Waals surface area contributed by atoms with Crippen molar-refractivity contribution in [1.82, 2.24) is 10.3 Å². The summed E-state index contributed by atoms with van der Waals surface area (Å²) < 4.78 is 13.7. The lowest BCUT2D eigenvalue weighted by molar-refractivity contribution is 0.0949. The van der Waals surface area contributed by atoms with Crippen molar-refractivity contribution in [3.05, 3.63) is 50.1 Å². The van der Waals surface area contributed by atoms with Crippen LogP contribution < -0.4 is 5.32 Å². The maximum atomic E-state index is 13.1. The van der Waals surface area contributed by atoms with Crippen LogP contribution in [0.15, 0.2) is 28.9 Å². The van der Waals surface area contributed by atoms with E-state index in [-0.39, 0.29) is 11.5 Å². The lowest BCUT2D eigenvalue weighted by atomic mass is 10.2. The van der Waals surface area contributed by atoms with Crippen molar-refractivity contribution in [2.45, 2.75) is 19.9 Å². The fourth-order valence-electron chi connectivity index (χ4n) is 1.52. The smallest absolute Gasteiger partial charge is 0.252 e. The summed E-state index contributed by atoms with van der Waals surface area (Å²) in [5.74, 6) is -0.754. The number of thiazole rings is 1. The van der Waals surface area contributed by atoms with Crippen LogP contribution in [0.4, 0.5) is 4.39 Å². The second kappa shape index (κ2) is 6.25. The molecular weight excluding hydrogens is 331 g/mol. The van der Waals surface area contributed by atoms with Crippen LogP contribution in [0.25, 0.3) is 0 Å². The molecule has 0 aliphatic carbocycles. The molecule has 1 amide bonds. The SMILES string of the molecule is CCc1cnc(CNC(=O)c2cc(F)ccc2Br)s1. The average Bonchev–Trinajstić information content (AvgIpc) is 2.87. The molecule has 19 heavy (non-hydrogen) atoms. The molecule has 0 unspecified atom stereocenters. The van der Waals surface area contributed by atoms with Crippen molar-refractivity contribution in [3.63, 3.8) is 0 Å². The van der Waals surface area contributed by atoms with Crippen LogP contribution in [0.5, 0.6) is 0 Å². The molecule has 0 saturated heterocycles. The van der Waals surface area contributed by atoms with Gasteiger partial charge in [0.1, 0.15) is 10.8 Å². The van der Waals surface area contributed by atoms with Gasteiger partial charge >= 0.3 is 0 Å². The predicted molar refractivity (Wildman–Crippen MR) is 76.8 cm³/mol. The molecule has 6 heteroatoms. The molecule has 100 valence electrons. The van der Waals surface area contributed by atoms with Crippen LogP contribution in [0.2, 0.25) is 0 Å². The Balaban J connectivity index is 2.03. The van der Waals surface area contributed by atoms with Crippen LogP contribution in [0.1, 0.15) is 27.2 Å². The molecule has 0 saturated carbocycles. The highest BCUT2D eigenvalue weighted by Crippen LogP contribution is 2.18. The number of amides is 1. The number of halogens is 2. The first-order chi connectivity index (χ1) is 9.10. The fraction of sp³-hybridized carbons (Fsp3) is 0.231. The standard InChI is InChI=1S/C13H12BrFN2OS/c1-2-9-6-16-12(19-9)7-17-13(18)10-5-8(15)3-4-11(10)14/h3-6H,2,7H2,1H3,(H,17,18). The normalized spacial score (nSPS) is 10.5. The van der Waals surface area contributed by atoms with Gasteiger partial charge < -0.3 is 5.32 Å². The first-order valence-corrected chi connectivity index (χ1v) is 7.38. The summed E-state index contributed by atoms with van der Waals surface area (Å²) >= 11 is 4.80. The lowest BCUT2D eigenvalue weighted by Crippen LogP contribution is -2.23. The molecule has 0 spiro atoms. The molecule has 0 radical (unpaired) electrons. The number of carbonyl (C=O) groups is 1. The van der Waals surface area contributed by atoms with E-state index in [0.29, 0.717) is 11.0 Å². The summed E-state index contributed by atoms with van der Waals surface area (Å²) in [6, 6.07) is 4.02. The van der Waals surface area contributed by atoms with Crippen LogP contribution in [0.3, 0.4) is 0 Å². The summed E-state index contributed by atoms with van der Waals surface area (Å²) in [6.07, 6.45) is 2.74. The van der Waals surface area contributed by atoms with Crippen molar-refractivity contribution >= 4 is 33.2 Å². The van der Waals surface area contributed by atoms with E-state index in [1.807, 2.05) is 6.20 Å². The van der Waals surface area contributed by atoms with Gasteiger partial charge in [0.2, 0.25) is 0 Å². The van der Waals surface area contributed by atoms with E-state index in [0.717, 1.165) is 11.4 Å². The Morgan fingerprint density at radius 3 is 3.00 bits per heavy atom. The molecule has 2 aromatic rings. The fourth-order valence-corrected chi connectivity index (χ4v) is 2.74. The molecule has 0 fully saturated rings. The molecule has 0 aliphatic rings. The number of hydrogen-bond donors (Lipinski definition) is 1. The predicted octanol–water partition coefficient (Wildman–Crippen LogP) is 3.54. The number of aryl methyl sites for hydroxylation is 1. The first-order valence-electron chi connectivity index (χ1n) is 5.77. The number of hydrogen-bond acceptors (Lipinski definition) is 3. The van der Waals surface area contributed by atoms with Gasteiger partial charge in [-0.15, -0.1) is 11.3 Å². The summed E-state index contributed by atoms with van der Waals surface area (Å²) in [5.41, 5.74) is 0.285. The largest absolute Gasteiger partial charge is 0.345 e. The second-order valence-electron chi connectivity index (χ2n) is 3.88. The van der Waals surface area contributed by atoms with Gasteiger partial charge in [0.05, 0.1) is 12.1 Å². The number of nitrogens with one attached hydrogen (secondary N) is 1. The van der Waals surface area contributed by atoms with Gasteiger partial charge in [-0.05, 0) is 40.5 Å². The Morgan fingerprint density at radius 2 is 2.32 bits per heavy atom. The minimum absolute atomic E-state index is 0.285. The van der Waals surface area contributed by atoms with Gasteiger partial charge in [-0.25, -0.2) is 9.37 Å². The van der Waals surface area contributed by atoms with Gasteiger partial charge in [-0.1, -0.05) is 6.92 Å². The van der Waals surface area contributed by atoms with Crippen LogP contribution in [0, 0.1) is 5.82 Å². The number of rotatable bonds is 4. The Bertz CT molecular complexity index is 600. The van der Waals surface area contributed by atoms with E-state index < -0.39 is 5.82 Å². The Labute approximate surface area is 123 Å². The third-order valence-electron chi connectivity index (χ3n) is 2.52. The molecule has 0 aliphatic heterocycles. The number of benzene rings is 1. The van der Waals surface area contributed by atoms with Gasteiger partial charge in [0.15, 0.2) is 0 Å².